The van der Waals surface area contributed by atoms with Gasteiger partial charge in [0.25, 0.3) is 0 Å². The second kappa shape index (κ2) is 4.64. The van der Waals surface area contributed by atoms with Crippen LogP contribution in [0.25, 0.3) is 5.69 Å². The Morgan fingerprint density at radius 2 is 1.94 bits per heavy atom. The molecule has 0 saturated heterocycles. The Balaban J connectivity index is 2.66. The molecule has 4 nitrogen and oxygen atoms in total. The predicted molar refractivity (Wildman–Crippen MR) is 67.5 cm³/mol. The van der Waals surface area contributed by atoms with Gasteiger partial charge in [-0.15, -0.1) is 5.10 Å². The van der Waals surface area contributed by atoms with Gasteiger partial charge in [-0.2, -0.15) is 0 Å². The van der Waals surface area contributed by atoms with Crippen molar-refractivity contribution in [3.63, 3.8) is 0 Å². The Hall–Kier alpha value is -1.50. The van der Waals surface area contributed by atoms with Crippen LogP contribution >= 0.6 is 15.9 Å². The van der Waals surface area contributed by atoms with Crippen molar-refractivity contribution in [3.05, 3.63) is 33.9 Å². The Morgan fingerprint density at radius 3 is 2.56 bits per heavy atom. The van der Waals surface area contributed by atoms with E-state index >= 15 is 0 Å². The summed E-state index contributed by atoms with van der Waals surface area (Å²) in [5, 5.41) is 7.52. The van der Waals surface area contributed by atoms with Crippen LogP contribution in [0.15, 0.2) is 16.6 Å². The molecule has 1 aromatic carbocycles. The molecule has 0 unspecified atom stereocenters. The molecule has 0 aliphatic heterocycles. The predicted octanol–water partition coefficient (Wildman–Crippen LogP) is 3.01. The van der Waals surface area contributed by atoms with Crippen LogP contribution < -0.4 is 5.73 Å². The average Bonchev–Trinajstić information content (AvgIpc) is 2.65. The minimum Gasteiger partial charge on any atom is -0.381 e. The lowest BCUT2D eigenvalue weighted by Gasteiger charge is -2.11. The molecule has 0 spiro atoms. The second-order valence-corrected chi connectivity index (χ2v) is 5.00. The van der Waals surface area contributed by atoms with E-state index in [0.717, 1.165) is 6.07 Å². The van der Waals surface area contributed by atoms with Crippen LogP contribution in [0, 0.1) is 11.6 Å². The first kappa shape index (κ1) is 12.9. The van der Waals surface area contributed by atoms with E-state index in [1.54, 1.807) is 0 Å². The van der Waals surface area contributed by atoms with Crippen LogP contribution in [-0.4, -0.2) is 15.0 Å². The zero-order chi connectivity index (χ0) is 13.4. The van der Waals surface area contributed by atoms with E-state index in [9.17, 15) is 8.78 Å². The van der Waals surface area contributed by atoms with Crippen LogP contribution in [0.5, 0.6) is 0 Å². The molecule has 96 valence electrons. The molecule has 1 aromatic heterocycles. The number of nitrogens with two attached hydrogens (primary N) is 1. The van der Waals surface area contributed by atoms with Gasteiger partial charge in [0, 0.05) is 6.07 Å². The van der Waals surface area contributed by atoms with Crippen LogP contribution in [0.1, 0.15) is 25.5 Å². The van der Waals surface area contributed by atoms with Crippen LogP contribution in [0.3, 0.4) is 0 Å². The third kappa shape index (κ3) is 2.10. The Morgan fingerprint density at radius 1 is 1.28 bits per heavy atom. The highest BCUT2D eigenvalue weighted by molar-refractivity contribution is 9.10. The summed E-state index contributed by atoms with van der Waals surface area (Å²) in [6.07, 6.45) is 0. The van der Waals surface area contributed by atoms with E-state index in [1.165, 1.54) is 10.7 Å². The second-order valence-electron chi connectivity index (χ2n) is 4.14. The largest absolute Gasteiger partial charge is 0.381 e. The molecule has 0 amide bonds. The van der Waals surface area contributed by atoms with Gasteiger partial charge in [-0.25, -0.2) is 13.5 Å². The van der Waals surface area contributed by atoms with Crippen molar-refractivity contribution >= 4 is 21.7 Å². The fraction of sp³-hybridized carbons (Fsp3) is 0.273. The number of anilines is 1. The smallest absolute Gasteiger partial charge is 0.169 e. The Labute approximate surface area is 111 Å². The molecule has 0 saturated carbocycles. The number of aromatic nitrogens is 3. The van der Waals surface area contributed by atoms with Crippen LogP contribution in [-0.2, 0) is 0 Å². The molecule has 2 rings (SSSR count). The number of benzene rings is 1. The van der Waals surface area contributed by atoms with Gasteiger partial charge in [-0.3, -0.25) is 0 Å². The van der Waals surface area contributed by atoms with Crippen molar-refractivity contribution in [2.45, 2.75) is 19.8 Å². The molecular formula is C11H11BrF2N4. The number of nitrogen functional groups attached to an aromatic ring is 1. The molecular weight excluding hydrogens is 306 g/mol. The summed E-state index contributed by atoms with van der Waals surface area (Å²) in [7, 11) is 0. The zero-order valence-corrected chi connectivity index (χ0v) is 11.4. The first-order valence-corrected chi connectivity index (χ1v) is 6.07. The molecule has 18 heavy (non-hydrogen) atoms. The van der Waals surface area contributed by atoms with Crippen LogP contribution in [0.4, 0.5) is 14.6 Å². The summed E-state index contributed by atoms with van der Waals surface area (Å²) in [5.74, 6) is -1.13. The van der Waals surface area contributed by atoms with Crippen molar-refractivity contribution in [1.82, 2.24) is 15.0 Å². The molecule has 1 heterocycles. The summed E-state index contributed by atoms with van der Waals surface area (Å²) in [6.45, 7) is 3.78. The van der Waals surface area contributed by atoms with Gasteiger partial charge in [0.05, 0.1) is 10.2 Å². The first-order chi connectivity index (χ1) is 8.41. The van der Waals surface area contributed by atoms with Gasteiger partial charge in [-0.05, 0) is 27.9 Å². The average molecular weight is 317 g/mol. The lowest BCUT2D eigenvalue weighted by Crippen LogP contribution is -2.08. The maximum absolute atomic E-state index is 13.8. The number of rotatable bonds is 2. The van der Waals surface area contributed by atoms with Gasteiger partial charge >= 0.3 is 0 Å². The lowest BCUT2D eigenvalue weighted by atomic mass is 10.1. The molecule has 2 aromatic rings. The fourth-order valence-electron chi connectivity index (χ4n) is 1.69. The summed E-state index contributed by atoms with van der Waals surface area (Å²) in [6, 6.07) is 2.10. The molecule has 7 heteroatoms. The van der Waals surface area contributed by atoms with E-state index in [2.05, 4.69) is 26.2 Å². The summed E-state index contributed by atoms with van der Waals surface area (Å²) >= 11 is 3.01. The summed E-state index contributed by atoms with van der Waals surface area (Å²) in [5.41, 5.74) is 6.39. The fourth-order valence-corrected chi connectivity index (χ4v) is 2.02. The number of hydrogen-bond donors (Lipinski definition) is 1. The minimum absolute atomic E-state index is 0.0169. The van der Waals surface area contributed by atoms with E-state index in [1.807, 2.05) is 13.8 Å². The number of halogens is 3. The van der Waals surface area contributed by atoms with Crippen molar-refractivity contribution in [1.29, 1.82) is 0 Å². The van der Waals surface area contributed by atoms with Gasteiger partial charge in [0.1, 0.15) is 11.5 Å². The maximum Gasteiger partial charge on any atom is 0.169 e. The number of hydrogen-bond acceptors (Lipinski definition) is 3. The molecule has 0 fully saturated rings. The quantitative estimate of drug-likeness (QED) is 0.866. The maximum atomic E-state index is 13.8. The van der Waals surface area contributed by atoms with Gasteiger partial charge in [0.15, 0.2) is 11.6 Å². The van der Waals surface area contributed by atoms with E-state index < -0.39 is 11.6 Å². The van der Waals surface area contributed by atoms with E-state index in [0.29, 0.717) is 5.69 Å². The normalized spacial score (nSPS) is 11.2. The Kier molecular flexibility index (Phi) is 3.34. The SMILES string of the molecule is CC(C)c1c(N)nnn1-c1cc(Br)c(F)cc1F. The van der Waals surface area contributed by atoms with Crippen molar-refractivity contribution in [3.8, 4) is 5.69 Å². The van der Waals surface area contributed by atoms with Crippen molar-refractivity contribution in [2.75, 3.05) is 5.73 Å². The standard InChI is InChI=1S/C11H11BrF2N4/c1-5(2)10-11(15)16-17-18(10)9-3-6(12)7(13)4-8(9)14/h3-5H,15H2,1-2H3. The highest BCUT2D eigenvalue weighted by atomic mass is 79.9. The van der Waals surface area contributed by atoms with Crippen LogP contribution in [0.2, 0.25) is 0 Å². The van der Waals surface area contributed by atoms with Crippen molar-refractivity contribution < 1.29 is 8.78 Å². The molecule has 0 aliphatic rings. The van der Waals surface area contributed by atoms with Gasteiger partial charge < -0.3 is 5.73 Å². The topological polar surface area (TPSA) is 56.7 Å². The van der Waals surface area contributed by atoms with Crippen molar-refractivity contribution in [2.24, 2.45) is 0 Å². The Bertz CT molecular complexity index is 595. The highest BCUT2D eigenvalue weighted by Crippen LogP contribution is 2.27. The molecule has 0 aliphatic carbocycles. The molecule has 0 bridgehead atoms. The zero-order valence-electron chi connectivity index (χ0n) is 9.78. The van der Waals surface area contributed by atoms with E-state index in [-0.39, 0.29) is 21.9 Å². The molecule has 0 atom stereocenters. The van der Waals surface area contributed by atoms with Gasteiger partial charge in [-0.1, -0.05) is 19.1 Å². The summed E-state index contributed by atoms with van der Waals surface area (Å²) in [4.78, 5) is 0. The monoisotopic (exact) mass is 316 g/mol. The highest BCUT2D eigenvalue weighted by Gasteiger charge is 2.19. The minimum atomic E-state index is -0.720. The summed E-state index contributed by atoms with van der Waals surface area (Å²) < 4.78 is 28.4. The molecule has 0 radical (unpaired) electrons. The lowest BCUT2D eigenvalue weighted by molar-refractivity contribution is 0.563. The first-order valence-electron chi connectivity index (χ1n) is 5.27. The van der Waals surface area contributed by atoms with Gasteiger partial charge in [0.2, 0.25) is 0 Å². The van der Waals surface area contributed by atoms with E-state index in [4.69, 9.17) is 5.73 Å². The number of nitrogens with zero attached hydrogens (tertiary/aromatic N) is 3. The third-order valence-corrected chi connectivity index (χ3v) is 3.11. The third-order valence-electron chi connectivity index (χ3n) is 2.50. The molecule has 2 N–H and O–H groups in total.